The summed E-state index contributed by atoms with van der Waals surface area (Å²) in [5.74, 6) is -1.50. The fourth-order valence-corrected chi connectivity index (χ4v) is 6.87. The molecule has 5 rings (SSSR count). The molecule has 1 aromatic rings. The molecule has 0 radical (unpaired) electrons. The Hall–Kier alpha value is -3.85. The number of fused-ring (bicyclic) bond motifs is 1. The number of nitrogens with one attached hydrogen (secondary N) is 1. The molecule has 3 fully saturated rings. The fraction of sp³-hybridized carbons (Fsp3) is 0.686. The number of rotatable bonds is 9. The van der Waals surface area contributed by atoms with E-state index in [-0.39, 0.29) is 43.3 Å². The lowest BCUT2D eigenvalue weighted by Gasteiger charge is -2.41. The number of nitriles is 1. The Bertz CT molecular complexity index is 1420. The van der Waals surface area contributed by atoms with E-state index in [1.807, 2.05) is 12.1 Å². The summed E-state index contributed by atoms with van der Waals surface area (Å²) in [6.45, 7) is 9.94. The van der Waals surface area contributed by atoms with Crippen LogP contribution < -0.4 is 19.9 Å². The molecule has 4 amide bonds. The summed E-state index contributed by atoms with van der Waals surface area (Å²) in [7, 11) is 1.62. The van der Waals surface area contributed by atoms with E-state index in [4.69, 9.17) is 14.2 Å². The van der Waals surface area contributed by atoms with Crippen molar-refractivity contribution < 1.29 is 33.4 Å². The van der Waals surface area contributed by atoms with E-state index >= 15 is 0 Å². The molecular formula is C35H49N5O7. The zero-order chi connectivity index (χ0) is 34.1. The second-order valence-corrected chi connectivity index (χ2v) is 14.9. The molecule has 2 atom stereocenters. The van der Waals surface area contributed by atoms with Crippen LogP contribution in [0, 0.1) is 23.2 Å². The van der Waals surface area contributed by atoms with Gasteiger partial charge in [-0.25, -0.2) is 4.79 Å². The van der Waals surface area contributed by atoms with Gasteiger partial charge < -0.3 is 34.2 Å². The third-order valence-electron chi connectivity index (χ3n) is 9.37. The lowest BCUT2D eigenvalue weighted by Crippen LogP contribution is -2.56. The molecule has 0 spiro atoms. The fourth-order valence-electron chi connectivity index (χ4n) is 6.87. The average molecular weight is 652 g/mol. The molecule has 12 nitrogen and oxygen atoms in total. The van der Waals surface area contributed by atoms with Crippen LogP contribution >= 0.6 is 0 Å². The van der Waals surface area contributed by atoms with Crippen molar-refractivity contribution in [3.05, 3.63) is 18.2 Å². The molecule has 47 heavy (non-hydrogen) atoms. The van der Waals surface area contributed by atoms with Crippen molar-refractivity contribution in [1.82, 2.24) is 10.2 Å². The second kappa shape index (κ2) is 13.3. The molecule has 2 heterocycles. The van der Waals surface area contributed by atoms with E-state index in [0.29, 0.717) is 49.5 Å². The Morgan fingerprint density at radius 3 is 2.43 bits per heavy atom. The van der Waals surface area contributed by atoms with Crippen LogP contribution in [0.5, 0.6) is 5.75 Å². The van der Waals surface area contributed by atoms with Crippen LogP contribution in [0.3, 0.4) is 0 Å². The summed E-state index contributed by atoms with van der Waals surface area (Å²) in [5.41, 5.74) is -1.49. The molecule has 1 saturated heterocycles. The topological polar surface area (TPSA) is 142 Å². The Morgan fingerprint density at radius 2 is 1.81 bits per heavy atom. The summed E-state index contributed by atoms with van der Waals surface area (Å²) < 4.78 is 17.0. The normalized spacial score (nSPS) is 23.3. The van der Waals surface area contributed by atoms with Gasteiger partial charge in [-0.3, -0.25) is 14.4 Å². The molecule has 4 aliphatic rings. The van der Waals surface area contributed by atoms with E-state index < -0.39 is 34.7 Å². The van der Waals surface area contributed by atoms with Gasteiger partial charge in [0.2, 0.25) is 11.8 Å². The Morgan fingerprint density at radius 1 is 1.13 bits per heavy atom. The maximum atomic E-state index is 14.5. The van der Waals surface area contributed by atoms with E-state index in [1.54, 1.807) is 57.6 Å². The number of hydrogen-bond donors (Lipinski definition) is 1. The molecular weight excluding hydrogens is 602 g/mol. The first-order chi connectivity index (χ1) is 22.2. The maximum Gasteiger partial charge on any atom is 0.410 e. The SMILES string of the molecule is COCCCN1C(=O)C(C)(C)Oc2ccc(N(C(=O)[C@@H]3C[C@H](C(=O)NC4(C#N)CCCC4)CN(C(=O)OC(C)(C)C)C3)C3CC3)cc21. The minimum absolute atomic E-state index is 0.0383. The minimum Gasteiger partial charge on any atom is -0.476 e. The molecule has 256 valence electrons. The van der Waals surface area contributed by atoms with Gasteiger partial charge in [0.25, 0.3) is 5.91 Å². The minimum atomic E-state index is -1.04. The Labute approximate surface area is 277 Å². The number of carbonyl (C=O) groups excluding carboxylic acids is 4. The largest absolute Gasteiger partial charge is 0.476 e. The standard InChI is InChI=1S/C35H49N5O7/c1-33(2,3)47-32(44)38-20-23(29(41)37-35(22-36)14-7-8-15-35)18-24(21-38)30(42)40(25-10-11-25)26-12-13-28-27(19-26)39(16-9-17-45-6)31(43)34(4,5)46-28/h12-13,19,23-25H,7-11,14-18,20-21H2,1-6H3,(H,37,41)/t23-,24+/m0/s1. The third-order valence-corrected chi connectivity index (χ3v) is 9.37. The predicted octanol–water partition coefficient (Wildman–Crippen LogP) is 4.55. The van der Waals surface area contributed by atoms with Crippen molar-refractivity contribution >= 4 is 35.2 Å². The molecule has 2 saturated carbocycles. The van der Waals surface area contributed by atoms with Gasteiger partial charge in [-0.2, -0.15) is 5.26 Å². The first kappa shape index (κ1) is 34.5. The van der Waals surface area contributed by atoms with Crippen LogP contribution in [0.2, 0.25) is 0 Å². The number of amides is 4. The van der Waals surface area contributed by atoms with E-state index in [9.17, 15) is 24.4 Å². The second-order valence-electron chi connectivity index (χ2n) is 14.9. The third kappa shape index (κ3) is 7.67. The lowest BCUT2D eigenvalue weighted by atomic mass is 9.86. The van der Waals surface area contributed by atoms with Crippen LogP contribution in [-0.4, -0.2) is 84.8 Å². The van der Waals surface area contributed by atoms with Gasteiger partial charge in [0, 0.05) is 45.1 Å². The van der Waals surface area contributed by atoms with Crippen LogP contribution in [-0.2, 0) is 23.9 Å². The highest BCUT2D eigenvalue weighted by Crippen LogP contribution is 2.43. The van der Waals surface area contributed by atoms with Gasteiger partial charge in [0.1, 0.15) is 16.9 Å². The number of ether oxygens (including phenoxy) is 3. The highest BCUT2D eigenvalue weighted by Gasteiger charge is 2.46. The number of anilines is 2. The van der Waals surface area contributed by atoms with Crippen molar-refractivity contribution in [1.29, 1.82) is 5.26 Å². The summed E-state index contributed by atoms with van der Waals surface area (Å²) >= 11 is 0. The zero-order valence-electron chi connectivity index (χ0n) is 28.6. The summed E-state index contributed by atoms with van der Waals surface area (Å²) in [4.78, 5) is 59.9. The van der Waals surface area contributed by atoms with Gasteiger partial charge in [0.15, 0.2) is 5.60 Å². The Kier molecular flexibility index (Phi) is 9.79. The smallest absolute Gasteiger partial charge is 0.410 e. The number of piperidine rings is 1. The summed E-state index contributed by atoms with van der Waals surface area (Å²) in [5, 5.41) is 12.9. The van der Waals surface area contributed by atoms with Gasteiger partial charge in [0.05, 0.1) is 23.6 Å². The number of nitrogens with zero attached hydrogens (tertiary/aromatic N) is 4. The summed E-state index contributed by atoms with van der Waals surface area (Å²) in [6.07, 6.45) is 4.81. The van der Waals surface area contributed by atoms with Crippen molar-refractivity contribution in [2.24, 2.45) is 11.8 Å². The van der Waals surface area contributed by atoms with Gasteiger partial charge in [-0.1, -0.05) is 0 Å². The highest BCUT2D eigenvalue weighted by atomic mass is 16.6. The maximum absolute atomic E-state index is 14.5. The van der Waals surface area contributed by atoms with E-state index in [2.05, 4.69) is 11.4 Å². The molecule has 0 bridgehead atoms. The molecule has 1 N–H and O–H groups in total. The number of carbonyl (C=O) groups is 4. The van der Waals surface area contributed by atoms with Crippen LogP contribution in [0.1, 0.15) is 86.0 Å². The number of likely N-dealkylation sites (tertiary alicyclic amines) is 1. The van der Waals surface area contributed by atoms with Crippen LogP contribution in [0.25, 0.3) is 0 Å². The molecule has 12 heteroatoms. The van der Waals surface area contributed by atoms with Gasteiger partial charge >= 0.3 is 6.09 Å². The zero-order valence-corrected chi connectivity index (χ0v) is 28.6. The monoisotopic (exact) mass is 651 g/mol. The predicted molar refractivity (Wildman–Crippen MR) is 175 cm³/mol. The molecule has 1 aromatic carbocycles. The van der Waals surface area contributed by atoms with Crippen LogP contribution in [0.15, 0.2) is 18.2 Å². The highest BCUT2D eigenvalue weighted by molar-refractivity contribution is 6.04. The number of hydrogen-bond acceptors (Lipinski definition) is 8. The van der Waals surface area contributed by atoms with Crippen molar-refractivity contribution in [3.8, 4) is 11.8 Å². The van der Waals surface area contributed by atoms with Gasteiger partial charge in [-0.05, 0) is 104 Å². The van der Waals surface area contributed by atoms with E-state index in [1.165, 1.54) is 4.90 Å². The lowest BCUT2D eigenvalue weighted by molar-refractivity contribution is -0.133. The number of benzene rings is 1. The van der Waals surface area contributed by atoms with Gasteiger partial charge in [-0.15, -0.1) is 0 Å². The summed E-state index contributed by atoms with van der Waals surface area (Å²) in [6, 6.07) is 7.74. The van der Waals surface area contributed by atoms with Crippen LogP contribution in [0.4, 0.5) is 16.2 Å². The average Bonchev–Trinajstić information content (AvgIpc) is 3.74. The molecule has 0 unspecified atom stereocenters. The molecule has 2 aliphatic carbocycles. The first-order valence-corrected chi connectivity index (χ1v) is 16.9. The van der Waals surface area contributed by atoms with E-state index in [0.717, 1.165) is 25.7 Å². The molecule has 0 aromatic heterocycles. The quantitative estimate of drug-likeness (QED) is 0.384. The van der Waals surface area contributed by atoms with Crippen molar-refractivity contribution in [3.63, 3.8) is 0 Å². The van der Waals surface area contributed by atoms with Crippen molar-refractivity contribution in [2.45, 2.75) is 109 Å². The van der Waals surface area contributed by atoms with Crippen molar-refractivity contribution in [2.75, 3.05) is 43.2 Å². The Balaban J connectivity index is 1.44. The first-order valence-electron chi connectivity index (χ1n) is 16.9. The number of methoxy groups -OCH3 is 1. The molecule has 2 aliphatic heterocycles.